The molecule has 2 aliphatic rings. The van der Waals surface area contributed by atoms with Gasteiger partial charge in [0, 0.05) is 18.2 Å². The minimum absolute atomic E-state index is 0.0348. The van der Waals surface area contributed by atoms with Crippen molar-refractivity contribution in [2.75, 3.05) is 20.4 Å². The Kier molecular flexibility index (Phi) is 2.92. The van der Waals surface area contributed by atoms with E-state index in [2.05, 4.69) is 18.3 Å². The Labute approximate surface area is 107 Å². The maximum absolute atomic E-state index is 5.68. The molecule has 98 valence electrons. The number of rotatable bonds is 3. The molecule has 0 aliphatic carbocycles. The molecule has 0 bridgehead atoms. The average molecular weight is 249 g/mol. The summed E-state index contributed by atoms with van der Waals surface area (Å²) in [6.45, 7) is 4.20. The van der Waals surface area contributed by atoms with Crippen LogP contribution in [0.3, 0.4) is 0 Å². The second kappa shape index (κ2) is 4.44. The highest BCUT2D eigenvalue weighted by atomic mass is 16.7. The molecule has 4 nitrogen and oxygen atoms in total. The van der Waals surface area contributed by atoms with E-state index < -0.39 is 0 Å². The number of hydrogen-bond acceptors (Lipinski definition) is 4. The van der Waals surface area contributed by atoms with Crippen LogP contribution in [0.15, 0.2) is 12.1 Å². The fraction of sp³-hybridized carbons (Fsp3) is 0.571. The van der Waals surface area contributed by atoms with Crippen LogP contribution in [-0.4, -0.2) is 20.4 Å². The molecule has 1 fully saturated rings. The summed E-state index contributed by atoms with van der Waals surface area (Å²) in [5.41, 5.74) is 2.35. The fourth-order valence-corrected chi connectivity index (χ4v) is 3.00. The summed E-state index contributed by atoms with van der Waals surface area (Å²) >= 11 is 0. The third kappa shape index (κ3) is 1.76. The van der Waals surface area contributed by atoms with E-state index in [4.69, 9.17) is 14.2 Å². The van der Waals surface area contributed by atoms with Gasteiger partial charge in [0.2, 0.25) is 6.79 Å². The van der Waals surface area contributed by atoms with Gasteiger partial charge in [0.1, 0.15) is 0 Å². The molecule has 0 radical (unpaired) electrons. The molecule has 1 aromatic carbocycles. The summed E-state index contributed by atoms with van der Waals surface area (Å²) in [4.78, 5) is 0. The quantitative estimate of drug-likeness (QED) is 0.891. The predicted molar refractivity (Wildman–Crippen MR) is 67.9 cm³/mol. The van der Waals surface area contributed by atoms with Crippen molar-refractivity contribution >= 4 is 0 Å². The molecule has 18 heavy (non-hydrogen) atoms. The van der Waals surface area contributed by atoms with Gasteiger partial charge >= 0.3 is 0 Å². The van der Waals surface area contributed by atoms with Gasteiger partial charge in [-0.15, -0.1) is 0 Å². The molecule has 1 atom stereocenters. The number of hydrogen-bond donors (Lipinski definition) is 1. The number of nitrogens with one attached hydrogen (secondary N) is 1. The lowest BCUT2D eigenvalue weighted by molar-refractivity contribution is 0.169. The van der Waals surface area contributed by atoms with E-state index in [1.54, 1.807) is 7.11 Å². The highest BCUT2D eigenvalue weighted by molar-refractivity contribution is 5.55. The first-order chi connectivity index (χ1) is 8.74. The number of benzene rings is 1. The van der Waals surface area contributed by atoms with Gasteiger partial charge < -0.3 is 19.5 Å². The smallest absolute Gasteiger partial charge is 0.231 e. The van der Waals surface area contributed by atoms with Crippen molar-refractivity contribution in [1.29, 1.82) is 0 Å². The van der Waals surface area contributed by atoms with Gasteiger partial charge in [0.25, 0.3) is 0 Å². The van der Waals surface area contributed by atoms with Crippen molar-refractivity contribution in [1.82, 2.24) is 5.32 Å². The minimum atomic E-state index is -0.0348. The van der Waals surface area contributed by atoms with Gasteiger partial charge in [-0.1, -0.05) is 6.07 Å². The van der Waals surface area contributed by atoms with Crippen molar-refractivity contribution in [2.24, 2.45) is 0 Å². The summed E-state index contributed by atoms with van der Waals surface area (Å²) < 4.78 is 16.5. The molecule has 0 spiro atoms. The first-order valence-electron chi connectivity index (χ1n) is 6.40. The van der Waals surface area contributed by atoms with E-state index in [-0.39, 0.29) is 5.54 Å². The highest BCUT2D eigenvalue weighted by Gasteiger charge is 2.37. The van der Waals surface area contributed by atoms with Gasteiger partial charge in [0.15, 0.2) is 11.5 Å². The van der Waals surface area contributed by atoms with Crippen LogP contribution in [0.2, 0.25) is 0 Å². The molecule has 1 N–H and O–H groups in total. The van der Waals surface area contributed by atoms with Gasteiger partial charge in [-0.2, -0.15) is 0 Å². The summed E-state index contributed by atoms with van der Waals surface area (Å²) in [7, 11) is 1.72. The standard InChI is InChI=1S/C14H19NO3/c1-14(6-3-7-15-14)12-10(8-16-2)4-5-11-13(12)18-9-17-11/h4-5,15H,3,6-9H2,1-2H3. The van der Waals surface area contributed by atoms with E-state index >= 15 is 0 Å². The summed E-state index contributed by atoms with van der Waals surface area (Å²) in [5.74, 6) is 1.74. The maximum Gasteiger partial charge on any atom is 0.231 e. The Morgan fingerprint density at radius 1 is 1.39 bits per heavy atom. The molecule has 4 heteroatoms. The molecular formula is C14H19NO3. The van der Waals surface area contributed by atoms with Crippen LogP contribution in [0.4, 0.5) is 0 Å². The van der Waals surface area contributed by atoms with Crippen molar-refractivity contribution in [3.63, 3.8) is 0 Å². The van der Waals surface area contributed by atoms with Crippen LogP contribution in [-0.2, 0) is 16.9 Å². The molecule has 2 aliphatic heterocycles. The van der Waals surface area contributed by atoms with E-state index in [0.29, 0.717) is 13.4 Å². The zero-order chi connectivity index (χ0) is 12.6. The fourth-order valence-electron chi connectivity index (χ4n) is 3.00. The van der Waals surface area contributed by atoms with E-state index in [1.165, 1.54) is 17.5 Å². The zero-order valence-electron chi connectivity index (χ0n) is 10.9. The maximum atomic E-state index is 5.68. The van der Waals surface area contributed by atoms with Crippen molar-refractivity contribution < 1.29 is 14.2 Å². The van der Waals surface area contributed by atoms with Crippen molar-refractivity contribution in [2.45, 2.75) is 31.9 Å². The summed E-state index contributed by atoms with van der Waals surface area (Å²) in [6, 6.07) is 4.05. The van der Waals surface area contributed by atoms with Crippen LogP contribution in [0, 0.1) is 0 Å². The van der Waals surface area contributed by atoms with Crippen LogP contribution < -0.4 is 14.8 Å². The van der Waals surface area contributed by atoms with Crippen molar-refractivity contribution in [3.05, 3.63) is 23.3 Å². The lowest BCUT2D eigenvalue weighted by Crippen LogP contribution is -2.34. The molecule has 1 unspecified atom stereocenters. The molecular weight excluding hydrogens is 230 g/mol. The van der Waals surface area contributed by atoms with Crippen LogP contribution in [0.25, 0.3) is 0 Å². The van der Waals surface area contributed by atoms with E-state index in [0.717, 1.165) is 24.5 Å². The molecule has 1 aromatic rings. The van der Waals surface area contributed by atoms with Gasteiger partial charge in [-0.05, 0) is 37.9 Å². The van der Waals surface area contributed by atoms with E-state index in [9.17, 15) is 0 Å². The zero-order valence-corrected chi connectivity index (χ0v) is 10.9. The van der Waals surface area contributed by atoms with Crippen LogP contribution >= 0.6 is 0 Å². The molecule has 1 saturated heterocycles. The molecule has 0 saturated carbocycles. The lowest BCUT2D eigenvalue weighted by atomic mass is 9.86. The van der Waals surface area contributed by atoms with Crippen LogP contribution in [0.1, 0.15) is 30.9 Å². The Balaban J connectivity index is 2.12. The minimum Gasteiger partial charge on any atom is -0.454 e. The van der Waals surface area contributed by atoms with Crippen LogP contribution in [0.5, 0.6) is 11.5 Å². The molecule has 2 heterocycles. The topological polar surface area (TPSA) is 39.7 Å². The average Bonchev–Trinajstić information content (AvgIpc) is 2.98. The predicted octanol–water partition coefficient (Wildman–Crippen LogP) is 2.16. The number of methoxy groups -OCH3 is 1. The largest absolute Gasteiger partial charge is 0.454 e. The Hall–Kier alpha value is -1.26. The second-order valence-electron chi connectivity index (χ2n) is 5.13. The molecule has 0 amide bonds. The lowest BCUT2D eigenvalue weighted by Gasteiger charge is -2.28. The Morgan fingerprint density at radius 3 is 3.00 bits per heavy atom. The molecule has 3 rings (SSSR count). The Morgan fingerprint density at radius 2 is 2.28 bits per heavy atom. The SMILES string of the molecule is COCc1ccc2c(c1C1(C)CCCN1)OCO2. The van der Waals surface area contributed by atoms with Gasteiger partial charge in [0.05, 0.1) is 6.61 Å². The number of fused-ring (bicyclic) bond motifs is 1. The molecule has 0 aromatic heterocycles. The first-order valence-corrected chi connectivity index (χ1v) is 6.40. The Bertz CT molecular complexity index is 453. The monoisotopic (exact) mass is 249 g/mol. The summed E-state index contributed by atoms with van der Waals surface area (Å²) in [5, 5.41) is 3.59. The highest BCUT2D eigenvalue weighted by Crippen LogP contribution is 2.45. The normalized spacial score (nSPS) is 25.7. The van der Waals surface area contributed by atoms with Gasteiger partial charge in [-0.3, -0.25) is 0 Å². The third-order valence-electron chi connectivity index (χ3n) is 3.85. The second-order valence-corrected chi connectivity index (χ2v) is 5.13. The third-order valence-corrected chi connectivity index (χ3v) is 3.85. The van der Waals surface area contributed by atoms with Gasteiger partial charge in [-0.25, -0.2) is 0 Å². The number of ether oxygens (including phenoxy) is 3. The summed E-state index contributed by atoms with van der Waals surface area (Å²) in [6.07, 6.45) is 2.30. The van der Waals surface area contributed by atoms with Crippen molar-refractivity contribution in [3.8, 4) is 11.5 Å². The van der Waals surface area contributed by atoms with E-state index in [1.807, 2.05) is 6.07 Å². The first kappa shape index (κ1) is 11.8.